The Morgan fingerprint density at radius 1 is 1.03 bits per heavy atom. The second kappa shape index (κ2) is 9.46. The number of carbonyl (C=O) groups is 3. The quantitative estimate of drug-likeness (QED) is 0.513. The third-order valence-corrected chi connectivity index (χ3v) is 4.06. The van der Waals surface area contributed by atoms with Crippen LogP contribution in [0.2, 0.25) is 0 Å². The summed E-state index contributed by atoms with van der Waals surface area (Å²) in [6.07, 6.45) is 0.145. The molecule has 2 aromatic carbocycles. The number of ether oxygens (including phenoxy) is 1. The summed E-state index contributed by atoms with van der Waals surface area (Å²) in [7, 11) is 0. The first-order chi connectivity index (χ1) is 14.4. The molecule has 0 aliphatic carbocycles. The van der Waals surface area contributed by atoms with Gasteiger partial charge in [0.05, 0.1) is 17.3 Å². The van der Waals surface area contributed by atoms with Gasteiger partial charge in [-0.05, 0) is 30.3 Å². The SMILES string of the molecule is CC(=O)Nc1cccc(NC(=O)COC(=O)CCc2nc3ccccc3c(=O)[nH]2)c1. The molecule has 0 aliphatic rings. The summed E-state index contributed by atoms with van der Waals surface area (Å²) in [5.74, 6) is -0.960. The van der Waals surface area contributed by atoms with E-state index >= 15 is 0 Å². The maximum absolute atomic E-state index is 12.0. The number of para-hydroxylation sites is 1. The van der Waals surface area contributed by atoms with Crippen LogP contribution in [0.4, 0.5) is 11.4 Å². The number of rotatable bonds is 7. The minimum Gasteiger partial charge on any atom is -0.456 e. The van der Waals surface area contributed by atoms with Gasteiger partial charge in [-0.2, -0.15) is 0 Å². The van der Waals surface area contributed by atoms with Gasteiger partial charge in [-0.15, -0.1) is 0 Å². The summed E-state index contributed by atoms with van der Waals surface area (Å²) in [6.45, 7) is 0.929. The number of hydrogen-bond acceptors (Lipinski definition) is 6. The molecule has 3 N–H and O–H groups in total. The zero-order chi connectivity index (χ0) is 21.5. The Morgan fingerprint density at radius 3 is 2.53 bits per heavy atom. The maximum Gasteiger partial charge on any atom is 0.306 e. The molecular weight excluding hydrogens is 388 g/mol. The van der Waals surface area contributed by atoms with Crippen molar-refractivity contribution in [1.29, 1.82) is 0 Å². The van der Waals surface area contributed by atoms with E-state index < -0.39 is 18.5 Å². The van der Waals surface area contributed by atoms with Crippen molar-refractivity contribution in [3.05, 3.63) is 64.7 Å². The first-order valence-corrected chi connectivity index (χ1v) is 9.22. The molecule has 1 aromatic heterocycles. The number of H-pyrrole nitrogens is 1. The van der Waals surface area contributed by atoms with Crippen LogP contribution < -0.4 is 16.2 Å². The number of anilines is 2. The predicted molar refractivity (Wildman–Crippen MR) is 111 cm³/mol. The molecule has 9 heteroatoms. The van der Waals surface area contributed by atoms with E-state index in [0.29, 0.717) is 28.1 Å². The van der Waals surface area contributed by atoms with E-state index in [1.807, 2.05) is 0 Å². The van der Waals surface area contributed by atoms with Gasteiger partial charge in [0.15, 0.2) is 6.61 Å². The number of amides is 2. The number of esters is 1. The fourth-order valence-electron chi connectivity index (χ4n) is 2.77. The van der Waals surface area contributed by atoms with Crippen molar-refractivity contribution in [1.82, 2.24) is 9.97 Å². The number of benzene rings is 2. The van der Waals surface area contributed by atoms with Crippen molar-refractivity contribution in [2.45, 2.75) is 19.8 Å². The molecule has 0 bridgehead atoms. The fraction of sp³-hybridized carbons (Fsp3) is 0.190. The molecule has 2 amide bonds. The summed E-state index contributed by atoms with van der Waals surface area (Å²) in [4.78, 5) is 54.0. The van der Waals surface area contributed by atoms with E-state index in [1.165, 1.54) is 6.92 Å². The standard InChI is InChI=1S/C21H20N4O5/c1-13(26)22-14-5-4-6-15(11-14)23-19(27)12-30-20(28)10-9-18-24-17-8-3-2-7-16(17)21(29)25-18/h2-8,11H,9-10,12H2,1H3,(H,22,26)(H,23,27)(H,24,25,29). The second-order valence-corrected chi connectivity index (χ2v) is 6.50. The predicted octanol–water partition coefficient (Wildman–Crippen LogP) is 2.00. The van der Waals surface area contributed by atoms with Gasteiger partial charge in [0.2, 0.25) is 5.91 Å². The molecule has 1 heterocycles. The summed E-state index contributed by atoms with van der Waals surface area (Å²) in [5.41, 5.74) is 1.27. The second-order valence-electron chi connectivity index (χ2n) is 6.50. The summed E-state index contributed by atoms with van der Waals surface area (Å²) < 4.78 is 4.97. The first-order valence-electron chi connectivity index (χ1n) is 9.22. The summed E-state index contributed by atoms with van der Waals surface area (Å²) in [5, 5.41) is 5.67. The Balaban J connectivity index is 1.48. The van der Waals surface area contributed by atoms with E-state index in [0.717, 1.165) is 0 Å². The molecule has 0 spiro atoms. The molecule has 0 radical (unpaired) electrons. The third-order valence-electron chi connectivity index (χ3n) is 4.06. The van der Waals surface area contributed by atoms with Crippen molar-refractivity contribution in [3.8, 4) is 0 Å². The molecule has 30 heavy (non-hydrogen) atoms. The average molecular weight is 408 g/mol. The first kappa shape index (κ1) is 20.7. The zero-order valence-electron chi connectivity index (χ0n) is 16.2. The van der Waals surface area contributed by atoms with Crippen molar-refractivity contribution in [3.63, 3.8) is 0 Å². The highest BCUT2D eigenvalue weighted by Gasteiger charge is 2.10. The van der Waals surface area contributed by atoms with Gasteiger partial charge in [-0.3, -0.25) is 19.2 Å². The molecule has 154 valence electrons. The lowest BCUT2D eigenvalue weighted by atomic mass is 10.2. The van der Waals surface area contributed by atoms with Gasteiger partial charge in [0, 0.05) is 24.7 Å². The Hall–Kier alpha value is -4.01. The molecule has 0 saturated carbocycles. The Morgan fingerprint density at radius 2 is 1.77 bits per heavy atom. The molecule has 3 aromatic rings. The van der Waals surface area contributed by atoms with Gasteiger partial charge in [-0.1, -0.05) is 18.2 Å². The van der Waals surface area contributed by atoms with Crippen LogP contribution in [0.3, 0.4) is 0 Å². The molecule has 9 nitrogen and oxygen atoms in total. The fourth-order valence-corrected chi connectivity index (χ4v) is 2.77. The summed E-state index contributed by atoms with van der Waals surface area (Å²) >= 11 is 0. The molecule has 0 unspecified atom stereocenters. The van der Waals surface area contributed by atoms with Crippen LogP contribution in [0, 0.1) is 0 Å². The number of carbonyl (C=O) groups excluding carboxylic acids is 3. The molecule has 3 rings (SSSR count). The Bertz CT molecular complexity index is 1160. The minimum atomic E-state index is -0.590. The van der Waals surface area contributed by atoms with Gasteiger partial charge in [0.25, 0.3) is 11.5 Å². The number of nitrogens with zero attached hydrogens (tertiary/aromatic N) is 1. The average Bonchev–Trinajstić information content (AvgIpc) is 2.70. The molecule has 0 atom stereocenters. The van der Waals surface area contributed by atoms with Crippen LogP contribution >= 0.6 is 0 Å². The number of hydrogen-bond donors (Lipinski definition) is 3. The van der Waals surface area contributed by atoms with Crippen molar-refractivity contribution in [2.24, 2.45) is 0 Å². The van der Waals surface area contributed by atoms with Crippen LogP contribution in [-0.2, 0) is 25.5 Å². The smallest absolute Gasteiger partial charge is 0.306 e. The lowest BCUT2D eigenvalue weighted by Gasteiger charge is -2.08. The van der Waals surface area contributed by atoms with Crippen molar-refractivity contribution < 1.29 is 19.1 Å². The van der Waals surface area contributed by atoms with Gasteiger partial charge >= 0.3 is 5.97 Å². The molecular formula is C21H20N4O5. The number of aryl methyl sites for hydroxylation is 1. The van der Waals surface area contributed by atoms with E-state index in [9.17, 15) is 19.2 Å². The van der Waals surface area contributed by atoms with Crippen molar-refractivity contribution >= 4 is 40.1 Å². The van der Waals surface area contributed by atoms with E-state index in [4.69, 9.17) is 4.74 Å². The zero-order valence-corrected chi connectivity index (χ0v) is 16.2. The number of fused-ring (bicyclic) bond motifs is 1. The molecule has 0 fully saturated rings. The van der Waals surface area contributed by atoms with Crippen LogP contribution in [0.1, 0.15) is 19.2 Å². The number of nitrogens with one attached hydrogen (secondary N) is 3. The maximum atomic E-state index is 12.0. The third kappa shape index (κ3) is 5.74. The van der Waals surface area contributed by atoms with Crippen molar-refractivity contribution in [2.75, 3.05) is 17.2 Å². The largest absolute Gasteiger partial charge is 0.456 e. The highest BCUT2D eigenvalue weighted by Crippen LogP contribution is 2.15. The van der Waals surface area contributed by atoms with E-state index in [2.05, 4.69) is 20.6 Å². The molecule has 0 saturated heterocycles. The van der Waals surface area contributed by atoms with Crippen LogP contribution in [-0.4, -0.2) is 34.4 Å². The van der Waals surface area contributed by atoms with Gasteiger partial charge in [0.1, 0.15) is 5.82 Å². The van der Waals surface area contributed by atoms with E-state index in [-0.39, 0.29) is 24.3 Å². The highest BCUT2D eigenvalue weighted by atomic mass is 16.5. The highest BCUT2D eigenvalue weighted by molar-refractivity contribution is 5.94. The van der Waals surface area contributed by atoms with Gasteiger partial charge in [-0.25, -0.2) is 4.98 Å². The Kier molecular flexibility index (Phi) is 6.53. The molecule has 0 aliphatic heterocycles. The lowest BCUT2D eigenvalue weighted by Crippen LogP contribution is -2.21. The van der Waals surface area contributed by atoms with Crippen LogP contribution in [0.5, 0.6) is 0 Å². The number of aromatic nitrogens is 2. The van der Waals surface area contributed by atoms with Gasteiger partial charge < -0.3 is 20.4 Å². The number of aromatic amines is 1. The van der Waals surface area contributed by atoms with Crippen LogP contribution in [0.15, 0.2) is 53.3 Å². The Labute approximate surface area is 171 Å². The normalized spacial score (nSPS) is 10.4. The van der Waals surface area contributed by atoms with Crippen LogP contribution in [0.25, 0.3) is 10.9 Å². The van der Waals surface area contributed by atoms with E-state index in [1.54, 1.807) is 48.5 Å². The monoisotopic (exact) mass is 408 g/mol. The summed E-state index contributed by atoms with van der Waals surface area (Å²) in [6, 6.07) is 13.5. The lowest BCUT2D eigenvalue weighted by molar-refractivity contribution is -0.147. The topological polar surface area (TPSA) is 130 Å². The minimum absolute atomic E-state index is 0.0351.